The molecule has 0 spiro atoms. The van der Waals surface area contributed by atoms with Gasteiger partial charge in [0.1, 0.15) is 35.7 Å². The minimum absolute atomic E-state index is 0.453. The van der Waals surface area contributed by atoms with Crippen molar-refractivity contribution in [1.29, 1.82) is 0 Å². The molecule has 0 fully saturated rings. The lowest BCUT2D eigenvalue weighted by molar-refractivity contribution is 0.000164. The Labute approximate surface area is 292 Å². The van der Waals surface area contributed by atoms with Crippen molar-refractivity contribution < 1.29 is 47.4 Å². The molecule has 4 rings (SSSR count). The zero-order valence-electron chi connectivity index (χ0n) is 28.5. The van der Waals surface area contributed by atoms with Crippen LogP contribution in [0.4, 0.5) is 0 Å². The van der Waals surface area contributed by atoms with Gasteiger partial charge in [0.05, 0.1) is 104 Å². The standard InChI is InChI=1S/C36H48N2O10S/c1-39-13-15-41-17-19-43-21-23-45-25-27-47-31-7-3-29(4-8-31)33-11-12-34(36-35(33)37-49-38-36)30-5-9-32(10-6-30)48-28-26-46-24-22-44-20-18-42-16-14-40-2/h3-12H,13-28H2,1-2H3. The molecule has 1 heterocycles. The smallest absolute Gasteiger partial charge is 0.119 e. The molecule has 0 unspecified atom stereocenters. The molecule has 0 amide bonds. The summed E-state index contributed by atoms with van der Waals surface area (Å²) >= 11 is 1.21. The van der Waals surface area contributed by atoms with Gasteiger partial charge in [0, 0.05) is 25.3 Å². The first-order valence-electron chi connectivity index (χ1n) is 16.5. The highest BCUT2D eigenvalue weighted by Crippen LogP contribution is 2.35. The van der Waals surface area contributed by atoms with Crippen molar-refractivity contribution in [2.75, 3.05) is 120 Å². The molecule has 0 radical (unpaired) electrons. The number of hydrogen-bond donors (Lipinski definition) is 0. The van der Waals surface area contributed by atoms with Gasteiger partial charge < -0.3 is 47.4 Å². The van der Waals surface area contributed by atoms with Crippen LogP contribution in [-0.2, 0) is 37.9 Å². The third-order valence-corrected chi connectivity index (χ3v) is 7.62. The predicted octanol–water partition coefficient (Wildman–Crippen LogP) is 5.18. The maximum Gasteiger partial charge on any atom is 0.119 e. The molecule has 3 aromatic carbocycles. The normalized spacial score (nSPS) is 11.4. The molecule has 0 saturated heterocycles. The molecule has 0 atom stereocenters. The molecular weight excluding hydrogens is 652 g/mol. The van der Waals surface area contributed by atoms with Crippen LogP contribution in [0.3, 0.4) is 0 Å². The van der Waals surface area contributed by atoms with Gasteiger partial charge in [-0.05, 0) is 35.4 Å². The fourth-order valence-corrected chi connectivity index (χ4v) is 5.17. The third kappa shape index (κ3) is 14.3. The van der Waals surface area contributed by atoms with Crippen molar-refractivity contribution >= 4 is 22.8 Å². The van der Waals surface area contributed by atoms with Crippen LogP contribution < -0.4 is 9.47 Å². The number of methoxy groups -OCH3 is 2. The molecule has 0 saturated carbocycles. The summed E-state index contributed by atoms with van der Waals surface area (Å²) in [6.07, 6.45) is 0. The van der Waals surface area contributed by atoms with E-state index in [1.165, 1.54) is 11.7 Å². The van der Waals surface area contributed by atoms with E-state index in [1.807, 2.05) is 48.5 Å². The molecule has 0 aliphatic carbocycles. The van der Waals surface area contributed by atoms with Crippen LogP contribution in [-0.4, -0.2) is 129 Å². The highest BCUT2D eigenvalue weighted by Gasteiger charge is 2.14. The van der Waals surface area contributed by atoms with E-state index in [0.717, 1.165) is 44.8 Å². The van der Waals surface area contributed by atoms with Crippen molar-refractivity contribution in [2.45, 2.75) is 0 Å². The van der Waals surface area contributed by atoms with Gasteiger partial charge in [0.25, 0.3) is 0 Å². The zero-order valence-corrected chi connectivity index (χ0v) is 29.3. The first kappa shape index (κ1) is 38.6. The molecule has 49 heavy (non-hydrogen) atoms. The quantitative estimate of drug-likeness (QED) is 0.0728. The Bertz CT molecular complexity index is 1320. The van der Waals surface area contributed by atoms with Gasteiger partial charge in [0.15, 0.2) is 0 Å². The topological polar surface area (TPSA) is 118 Å². The summed E-state index contributed by atoms with van der Waals surface area (Å²) in [6.45, 7) is 8.39. The van der Waals surface area contributed by atoms with Gasteiger partial charge in [-0.15, -0.1) is 0 Å². The summed E-state index contributed by atoms with van der Waals surface area (Å²) < 4.78 is 63.7. The summed E-state index contributed by atoms with van der Waals surface area (Å²) in [5.74, 6) is 1.55. The SMILES string of the molecule is COCCOCCOCCOCCOc1ccc(-c2ccc(-c3ccc(OCCOCCOCCOCCOC)cc3)c3nsnc23)cc1. The number of benzene rings is 3. The van der Waals surface area contributed by atoms with Crippen LogP contribution in [0.25, 0.3) is 33.3 Å². The molecule has 0 aliphatic heterocycles. The van der Waals surface area contributed by atoms with E-state index >= 15 is 0 Å². The van der Waals surface area contributed by atoms with Crippen molar-refractivity contribution in [2.24, 2.45) is 0 Å². The van der Waals surface area contributed by atoms with Crippen LogP contribution >= 0.6 is 11.7 Å². The summed E-state index contributed by atoms with van der Waals surface area (Å²) in [6, 6.07) is 20.2. The van der Waals surface area contributed by atoms with Crippen LogP contribution in [0, 0.1) is 0 Å². The maximum absolute atomic E-state index is 5.85. The zero-order chi connectivity index (χ0) is 34.2. The molecule has 0 N–H and O–H groups in total. The van der Waals surface area contributed by atoms with Gasteiger partial charge >= 0.3 is 0 Å². The highest BCUT2D eigenvalue weighted by atomic mass is 32.1. The van der Waals surface area contributed by atoms with Crippen LogP contribution in [0.5, 0.6) is 11.5 Å². The fourth-order valence-electron chi connectivity index (χ4n) is 4.60. The van der Waals surface area contributed by atoms with Crippen molar-refractivity contribution in [3.8, 4) is 33.8 Å². The van der Waals surface area contributed by atoms with Gasteiger partial charge in [-0.2, -0.15) is 8.75 Å². The van der Waals surface area contributed by atoms with Gasteiger partial charge in [0.2, 0.25) is 0 Å². The molecule has 0 aliphatic rings. The second-order valence-corrected chi connectivity index (χ2v) is 11.1. The van der Waals surface area contributed by atoms with Crippen LogP contribution in [0.2, 0.25) is 0 Å². The summed E-state index contributed by atoms with van der Waals surface area (Å²) in [5, 5.41) is 0. The number of rotatable bonds is 28. The lowest BCUT2D eigenvalue weighted by Gasteiger charge is -2.11. The van der Waals surface area contributed by atoms with Crippen molar-refractivity contribution in [1.82, 2.24) is 8.75 Å². The van der Waals surface area contributed by atoms with E-state index in [0.29, 0.717) is 106 Å². The third-order valence-electron chi connectivity index (χ3n) is 7.09. The Hall–Kier alpha value is -3.24. The number of ether oxygens (including phenoxy) is 10. The first-order valence-corrected chi connectivity index (χ1v) is 17.2. The number of hydrogen-bond acceptors (Lipinski definition) is 13. The van der Waals surface area contributed by atoms with Crippen molar-refractivity contribution in [3.05, 3.63) is 60.7 Å². The minimum atomic E-state index is 0.453. The highest BCUT2D eigenvalue weighted by molar-refractivity contribution is 7.00. The Balaban J connectivity index is 1.15. The molecule has 4 aromatic rings. The molecule has 13 heteroatoms. The van der Waals surface area contributed by atoms with Gasteiger partial charge in [-0.25, -0.2) is 0 Å². The summed E-state index contributed by atoms with van der Waals surface area (Å²) in [7, 11) is 3.30. The maximum atomic E-state index is 5.85. The minimum Gasteiger partial charge on any atom is -0.491 e. The average molecular weight is 701 g/mol. The van der Waals surface area contributed by atoms with E-state index in [2.05, 4.69) is 20.9 Å². The summed E-state index contributed by atoms with van der Waals surface area (Å²) in [5.41, 5.74) is 5.86. The second-order valence-electron chi connectivity index (χ2n) is 10.5. The van der Waals surface area contributed by atoms with E-state index in [4.69, 9.17) is 47.4 Å². The number of fused-ring (bicyclic) bond motifs is 1. The predicted molar refractivity (Wildman–Crippen MR) is 188 cm³/mol. The van der Waals surface area contributed by atoms with Gasteiger partial charge in [-0.3, -0.25) is 0 Å². The fraction of sp³-hybridized carbons (Fsp3) is 0.500. The van der Waals surface area contributed by atoms with E-state index < -0.39 is 0 Å². The second kappa shape index (κ2) is 24.0. The Morgan fingerprint density at radius 3 is 1.02 bits per heavy atom. The van der Waals surface area contributed by atoms with Crippen LogP contribution in [0.1, 0.15) is 0 Å². The average Bonchev–Trinajstić information content (AvgIpc) is 3.63. The summed E-state index contributed by atoms with van der Waals surface area (Å²) in [4.78, 5) is 0. The Kier molecular flexibility index (Phi) is 18.9. The lowest BCUT2D eigenvalue weighted by atomic mass is 9.98. The Morgan fingerprint density at radius 2 is 0.694 bits per heavy atom. The number of aromatic nitrogens is 2. The first-order chi connectivity index (χ1) is 24.3. The van der Waals surface area contributed by atoms with E-state index in [9.17, 15) is 0 Å². The van der Waals surface area contributed by atoms with Crippen LogP contribution in [0.15, 0.2) is 60.7 Å². The molecule has 0 bridgehead atoms. The molecule has 268 valence electrons. The Morgan fingerprint density at radius 1 is 0.388 bits per heavy atom. The monoisotopic (exact) mass is 700 g/mol. The lowest BCUT2D eigenvalue weighted by Crippen LogP contribution is -2.13. The molecular formula is C36H48N2O10S. The molecule has 1 aromatic heterocycles. The molecule has 12 nitrogen and oxygen atoms in total. The van der Waals surface area contributed by atoms with E-state index in [-0.39, 0.29) is 0 Å². The number of nitrogens with zero attached hydrogens (tertiary/aromatic N) is 2. The largest absolute Gasteiger partial charge is 0.491 e. The van der Waals surface area contributed by atoms with E-state index in [1.54, 1.807) is 14.2 Å². The van der Waals surface area contributed by atoms with Crippen molar-refractivity contribution in [3.63, 3.8) is 0 Å². The van der Waals surface area contributed by atoms with Gasteiger partial charge in [-0.1, -0.05) is 36.4 Å².